The first-order valence-electron chi connectivity index (χ1n) is 13.3. The van der Waals surface area contributed by atoms with Crippen molar-refractivity contribution in [3.05, 3.63) is 53.6 Å². The number of hydrogen-bond donors (Lipinski definition) is 3. The van der Waals surface area contributed by atoms with Gasteiger partial charge in [-0.3, -0.25) is 0 Å². The second kappa shape index (κ2) is 12.2. The number of aryl methyl sites for hydroxylation is 1. The quantitative estimate of drug-likeness (QED) is 0.487. The van der Waals surface area contributed by atoms with Crippen molar-refractivity contribution in [2.75, 3.05) is 26.2 Å². The van der Waals surface area contributed by atoms with Crippen LogP contribution in [0.1, 0.15) is 56.6 Å². The van der Waals surface area contributed by atoms with E-state index in [1.165, 1.54) is 43.4 Å². The van der Waals surface area contributed by atoms with Crippen LogP contribution in [0.25, 0.3) is 11.1 Å². The fraction of sp³-hybridized carbons (Fsp3) is 0.536. The predicted molar refractivity (Wildman–Crippen MR) is 144 cm³/mol. The van der Waals surface area contributed by atoms with Gasteiger partial charge in [-0.25, -0.2) is 17.9 Å². The van der Waals surface area contributed by atoms with Gasteiger partial charge >= 0.3 is 6.03 Å². The van der Waals surface area contributed by atoms with E-state index in [2.05, 4.69) is 22.3 Å². The number of urea groups is 1. The van der Waals surface area contributed by atoms with Crippen molar-refractivity contribution >= 4 is 16.1 Å². The number of carbonyl (C=O) groups is 1. The normalized spacial score (nSPS) is 18.1. The monoisotopic (exact) mass is 512 g/mol. The Balaban J connectivity index is 1.54. The fourth-order valence-corrected chi connectivity index (χ4v) is 6.59. The first-order chi connectivity index (χ1) is 17.3. The highest BCUT2D eigenvalue weighted by Crippen LogP contribution is 2.32. The number of sulfonamides is 1. The van der Waals surface area contributed by atoms with Crippen molar-refractivity contribution in [1.29, 1.82) is 0 Å². The highest BCUT2D eigenvalue weighted by Gasteiger charge is 2.26. The topological polar surface area (TPSA) is 90.5 Å². The minimum absolute atomic E-state index is 0.124. The molecule has 4 rings (SSSR count). The largest absolute Gasteiger partial charge is 0.331 e. The summed E-state index contributed by atoms with van der Waals surface area (Å²) >= 11 is 0. The number of nitrogens with one attached hydrogen (secondary N) is 3. The van der Waals surface area contributed by atoms with E-state index in [-0.39, 0.29) is 4.90 Å². The average Bonchev–Trinajstić information content (AvgIpc) is 2.88. The van der Waals surface area contributed by atoms with Crippen LogP contribution in [0, 0.1) is 12.8 Å². The Morgan fingerprint density at radius 3 is 2.53 bits per heavy atom. The zero-order chi connectivity index (χ0) is 25.5. The lowest BCUT2D eigenvalue weighted by atomic mass is 9.85. The summed E-state index contributed by atoms with van der Waals surface area (Å²) in [4.78, 5) is 14.4. The summed E-state index contributed by atoms with van der Waals surface area (Å²) in [6, 6.07) is 13.0. The van der Waals surface area contributed by atoms with Crippen LogP contribution in [0.4, 0.5) is 4.79 Å². The number of rotatable bonds is 8. The smallest absolute Gasteiger partial charge is 0.321 e. The molecule has 2 aromatic rings. The van der Waals surface area contributed by atoms with E-state index in [1.54, 1.807) is 12.1 Å². The molecule has 1 saturated heterocycles. The Morgan fingerprint density at radius 1 is 1.06 bits per heavy atom. The third kappa shape index (κ3) is 6.87. The van der Waals surface area contributed by atoms with Gasteiger partial charge in [-0.15, -0.1) is 0 Å². The summed E-state index contributed by atoms with van der Waals surface area (Å²) in [5.74, 6) is 0.796. The lowest BCUT2D eigenvalue weighted by molar-refractivity contribution is 0.196. The van der Waals surface area contributed by atoms with Crippen LogP contribution in [-0.4, -0.2) is 51.6 Å². The van der Waals surface area contributed by atoms with E-state index in [1.807, 2.05) is 37.3 Å². The molecular weight excluding hydrogens is 472 g/mol. The maximum atomic E-state index is 13.4. The molecule has 2 fully saturated rings. The minimum atomic E-state index is -4.05. The second-order valence-electron chi connectivity index (χ2n) is 10.3. The van der Waals surface area contributed by atoms with Crippen LogP contribution in [-0.2, 0) is 16.6 Å². The molecule has 0 radical (unpaired) electrons. The lowest BCUT2D eigenvalue weighted by Gasteiger charge is -2.27. The summed E-state index contributed by atoms with van der Waals surface area (Å²) in [7, 11) is -4.05. The van der Waals surface area contributed by atoms with Gasteiger partial charge in [0, 0.05) is 44.3 Å². The van der Waals surface area contributed by atoms with Gasteiger partial charge in [-0.2, -0.15) is 0 Å². The molecular formula is C28H40N4O3S. The molecule has 36 heavy (non-hydrogen) atoms. The Labute approximate surface area is 216 Å². The number of carbonyl (C=O) groups excluding carboxylic acids is 1. The average molecular weight is 513 g/mol. The molecule has 0 spiro atoms. The van der Waals surface area contributed by atoms with Gasteiger partial charge in [-0.05, 0) is 43.4 Å². The molecule has 2 aliphatic rings. The zero-order valence-electron chi connectivity index (χ0n) is 21.6. The van der Waals surface area contributed by atoms with Gasteiger partial charge < -0.3 is 15.5 Å². The maximum absolute atomic E-state index is 13.4. The van der Waals surface area contributed by atoms with E-state index >= 15 is 0 Å². The van der Waals surface area contributed by atoms with Gasteiger partial charge in [0.1, 0.15) is 0 Å². The van der Waals surface area contributed by atoms with Gasteiger partial charge in [0.25, 0.3) is 10.0 Å². The molecule has 2 amide bonds. The van der Waals surface area contributed by atoms with Crippen LogP contribution >= 0.6 is 0 Å². The standard InChI is InChI=1S/C28H40N4O3S/c1-21-12-13-27(36(34,35)31-28(33)32-16-14-29-15-17-32)26(18-21)25-11-7-6-10-24(25)20-30-22(2)19-23-8-4-3-5-9-23/h6-7,10-13,18,22-23,29-30H,3-5,8-9,14-17,19-20H2,1-2H3,(H,31,33). The summed E-state index contributed by atoms with van der Waals surface area (Å²) in [5.41, 5.74) is 3.50. The Kier molecular flexibility index (Phi) is 9.04. The molecule has 0 aromatic heterocycles. The predicted octanol–water partition coefficient (Wildman–Crippen LogP) is 4.41. The lowest BCUT2D eigenvalue weighted by Crippen LogP contribution is -2.51. The highest BCUT2D eigenvalue weighted by molar-refractivity contribution is 7.90. The van der Waals surface area contributed by atoms with Gasteiger partial charge in [0.2, 0.25) is 0 Å². The minimum Gasteiger partial charge on any atom is -0.321 e. The molecule has 0 bridgehead atoms. The number of hydrogen-bond acceptors (Lipinski definition) is 5. The van der Waals surface area contributed by atoms with E-state index in [0.29, 0.717) is 44.3 Å². The fourth-order valence-electron chi connectivity index (χ4n) is 5.42. The molecule has 1 atom stereocenters. The van der Waals surface area contributed by atoms with Crippen molar-refractivity contribution < 1.29 is 13.2 Å². The molecule has 1 aliphatic heterocycles. The molecule has 1 aliphatic carbocycles. The summed E-state index contributed by atoms with van der Waals surface area (Å²) < 4.78 is 29.1. The Hall–Kier alpha value is -2.42. The first-order valence-corrected chi connectivity index (χ1v) is 14.8. The van der Waals surface area contributed by atoms with Crippen molar-refractivity contribution in [2.45, 2.75) is 69.9 Å². The molecule has 196 valence electrons. The highest BCUT2D eigenvalue weighted by atomic mass is 32.2. The molecule has 8 heteroatoms. The number of piperazine rings is 1. The van der Waals surface area contributed by atoms with Crippen LogP contribution in [0.2, 0.25) is 0 Å². The third-order valence-electron chi connectivity index (χ3n) is 7.41. The zero-order valence-corrected chi connectivity index (χ0v) is 22.4. The molecule has 7 nitrogen and oxygen atoms in total. The molecule has 3 N–H and O–H groups in total. The van der Waals surface area contributed by atoms with Crippen molar-refractivity contribution in [2.24, 2.45) is 5.92 Å². The molecule has 2 aromatic carbocycles. The maximum Gasteiger partial charge on any atom is 0.331 e. The molecule has 1 unspecified atom stereocenters. The SMILES string of the molecule is Cc1ccc(S(=O)(=O)NC(=O)N2CCNCC2)c(-c2ccccc2CNC(C)CC2CCCCC2)c1. The van der Waals surface area contributed by atoms with Crippen molar-refractivity contribution in [3.8, 4) is 11.1 Å². The molecule has 1 saturated carbocycles. The van der Waals surface area contributed by atoms with Crippen LogP contribution in [0.15, 0.2) is 47.4 Å². The van der Waals surface area contributed by atoms with Crippen LogP contribution in [0.3, 0.4) is 0 Å². The summed E-state index contributed by atoms with van der Waals surface area (Å²) in [6.07, 6.45) is 7.87. The number of nitrogens with zero attached hydrogens (tertiary/aromatic N) is 1. The number of benzene rings is 2. The van der Waals surface area contributed by atoms with E-state index in [4.69, 9.17) is 0 Å². The van der Waals surface area contributed by atoms with Gasteiger partial charge in [0.05, 0.1) is 4.90 Å². The Morgan fingerprint density at radius 2 is 1.78 bits per heavy atom. The second-order valence-corrected chi connectivity index (χ2v) is 12.0. The van der Waals surface area contributed by atoms with E-state index in [0.717, 1.165) is 22.6 Å². The Bertz CT molecular complexity index is 1140. The summed E-state index contributed by atoms with van der Waals surface area (Å²) in [6.45, 7) is 7.12. The van der Waals surface area contributed by atoms with Crippen LogP contribution in [0.5, 0.6) is 0 Å². The van der Waals surface area contributed by atoms with Gasteiger partial charge in [-0.1, -0.05) is 74.1 Å². The van der Waals surface area contributed by atoms with Crippen molar-refractivity contribution in [3.63, 3.8) is 0 Å². The van der Waals surface area contributed by atoms with Crippen molar-refractivity contribution in [1.82, 2.24) is 20.3 Å². The summed E-state index contributed by atoms with van der Waals surface area (Å²) in [5, 5.41) is 6.85. The van der Waals surface area contributed by atoms with E-state index in [9.17, 15) is 13.2 Å². The van der Waals surface area contributed by atoms with E-state index < -0.39 is 16.1 Å². The van der Waals surface area contributed by atoms with Gasteiger partial charge in [0.15, 0.2) is 0 Å². The number of amides is 2. The first kappa shape index (κ1) is 26.6. The molecule has 1 heterocycles. The van der Waals surface area contributed by atoms with Crippen LogP contribution < -0.4 is 15.4 Å². The third-order valence-corrected chi connectivity index (χ3v) is 8.79.